The first-order chi connectivity index (χ1) is 10.3. The van der Waals surface area contributed by atoms with E-state index < -0.39 is 29.2 Å². The standard InChI is InChI=1S/C16H20FNO4/c1-15(2,3)22-14(20)18-16(8-9-21-13(16)10-19)11-6-4-5-7-12(11)17/h4-7,10,13H,8-9H2,1-3H3,(H,18,20)/t13-,16+/m0/s1. The van der Waals surface area contributed by atoms with Crippen LogP contribution in [-0.4, -0.2) is 30.7 Å². The number of alkyl carbamates (subject to hydrolysis) is 1. The molecule has 1 N–H and O–H groups in total. The summed E-state index contributed by atoms with van der Waals surface area (Å²) >= 11 is 0. The van der Waals surface area contributed by atoms with Crippen LogP contribution >= 0.6 is 0 Å². The second-order valence-corrected chi connectivity index (χ2v) is 6.26. The van der Waals surface area contributed by atoms with Crippen LogP contribution in [0.2, 0.25) is 0 Å². The molecule has 1 amide bonds. The average molecular weight is 309 g/mol. The van der Waals surface area contributed by atoms with Crippen LogP contribution in [0.25, 0.3) is 0 Å². The van der Waals surface area contributed by atoms with Gasteiger partial charge in [-0.3, -0.25) is 0 Å². The van der Waals surface area contributed by atoms with Gasteiger partial charge in [0.25, 0.3) is 0 Å². The Morgan fingerprint density at radius 3 is 2.73 bits per heavy atom. The maximum atomic E-state index is 14.2. The van der Waals surface area contributed by atoms with Crippen molar-refractivity contribution in [2.75, 3.05) is 6.61 Å². The van der Waals surface area contributed by atoms with Gasteiger partial charge in [-0.25, -0.2) is 9.18 Å². The van der Waals surface area contributed by atoms with E-state index in [9.17, 15) is 14.0 Å². The van der Waals surface area contributed by atoms with Gasteiger partial charge in [-0.2, -0.15) is 0 Å². The van der Waals surface area contributed by atoms with E-state index in [1.54, 1.807) is 32.9 Å². The number of carbonyl (C=O) groups is 2. The second-order valence-electron chi connectivity index (χ2n) is 6.26. The van der Waals surface area contributed by atoms with Crippen LogP contribution in [0.15, 0.2) is 24.3 Å². The van der Waals surface area contributed by atoms with Gasteiger partial charge in [-0.15, -0.1) is 0 Å². The summed E-state index contributed by atoms with van der Waals surface area (Å²) in [5, 5.41) is 2.65. The molecule has 1 aliphatic heterocycles. The Labute approximate surface area is 128 Å². The zero-order chi connectivity index (χ0) is 16.4. The molecule has 0 spiro atoms. The summed E-state index contributed by atoms with van der Waals surface area (Å²) in [5.74, 6) is -0.504. The highest BCUT2D eigenvalue weighted by Crippen LogP contribution is 2.37. The molecule has 1 fully saturated rings. The highest BCUT2D eigenvalue weighted by atomic mass is 19.1. The Morgan fingerprint density at radius 2 is 2.14 bits per heavy atom. The summed E-state index contributed by atoms with van der Waals surface area (Å²) < 4.78 is 24.8. The van der Waals surface area contributed by atoms with Crippen molar-refractivity contribution in [2.24, 2.45) is 0 Å². The molecule has 0 bridgehead atoms. The van der Waals surface area contributed by atoms with Crippen LogP contribution in [0.3, 0.4) is 0 Å². The number of aldehydes is 1. The van der Waals surface area contributed by atoms with E-state index in [2.05, 4.69) is 5.32 Å². The van der Waals surface area contributed by atoms with Crippen LogP contribution in [0.1, 0.15) is 32.8 Å². The summed E-state index contributed by atoms with van der Waals surface area (Å²) in [7, 11) is 0. The molecule has 1 aromatic rings. The molecule has 120 valence electrons. The maximum Gasteiger partial charge on any atom is 0.408 e. The highest BCUT2D eigenvalue weighted by Gasteiger charge is 2.49. The van der Waals surface area contributed by atoms with Crippen LogP contribution < -0.4 is 5.32 Å². The highest BCUT2D eigenvalue weighted by molar-refractivity contribution is 5.72. The van der Waals surface area contributed by atoms with Crippen LogP contribution in [0, 0.1) is 5.82 Å². The van der Waals surface area contributed by atoms with E-state index in [0.717, 1.165) is 0 Å². The Bertz CT molecular complexity index is 570. The van der Waals surface area contributed by atoms with E-state index in [4.69, 9.17) is 9.47 Å². The number of benzene rings is 1. The number of hydrogen-bond donors (Lipinski definition) is 1. The minimum absolute atomic E-state index is 0.218. The summed E-state index contributed by atoms with van der Waals surface area (Å²) in [6.07, 6.45) is -0.807. The SMILES string of the molecule is CC(C)(C)OC(=O)N[C@@]1(c2ccccc2F)CCO[C@H]1C=O. The lowest BCUT2D eigenvalue weighted by Gasteiger charge is -2.34. The molecular weight excluding hydrogens is 289 g/mol. The molecule has 1 heterocycles. The molecule has 1 saturated heterocycles. The molecule has 22 heavy (non-hydrogen) atoms. The Morgan fingerprint density at radius 1 is 1.45 bits per heavy atom. The van der Waals surface area contributed by atoms with Crippen molar-refractivity contribution < 1.29 is 23.5 Å². The molecule has 1 aliphatic rings. The summed E-state index contributed by atoms with van der Waals surface area (Å²) in [6.45, 7) is 5.42. The van der Waals surface area contributed by atoms with Crippen molar-refractivity contribution in [1.29, 1.82) is 0 Å². The summed E-state index contributed by atoms with van der Waals surface area (Å²) in [6, 6.07) is 6.02. The van der Waals surface area contributed by atoms with Gasteiger partial charge in [0.05, 0.1) is 6.61 Å². The van der Waals surface area contributed by atoms with Gasteiger partial charge in [-0.1, -0.05) is 18.2 Å². The molecule has 5 nitrogen and oxygen atoms in total. The van der Waals surface area contributed by atoms with E-state index in [1.165, 1.54) is 12.1 Å². The summed E-state index contributed by atoms with van der Waals surface area (Å²) in [5.41, 5.74) is -1.73. The van der Waals surface area contributed by atoms with Crippen molar-refractivity contribution in [3.05, 3.63) is 35.6 Å². The molecule has 0 aliphatic carbocycles. The third-order valence-corrected chi connectivity index (χ3v) is 3.48. The van der Waals surface area contributed by atoms with Crippen LogP contribution in [0.5, 0.6) is 0 Å². The molecule has 0 saturated carbocycles. The smallest absolute Gasteiger partial charge is 0.408 e. The first-order valence-corrected chi connectivity index (χ1v) is 7.11. The summed E-state index contributed by atoms with van der Waals surface area (Å²) in [4.78, 5) is 23.5. The van der Waals surface area contributed by atoms with Crippen molar-refractivity contribution in [2.45, 2.75) is 44.4 Å². The molecule has 1 aromatic carbocycles. The zero-order valence-corrected chi connectivity index (χ0v) is 12.9. The fraction of sp³-hybridized carbons (Fsp3) is 0.500. The zero-order valence-electron chi connectivity index (χ0n) is 12.9. The number of rotatable bonds is 3. The number of ether oxygens (including phenoxy) is 2. The first kappa shape index (κ1) is 16.4. The second kappa shape index (κ2) is 6.04. The van der Waals surface area contributed by atoms with Crippen LogP contribution in [-0.2, 0) is 19.8 Å². The van der Waals surface area contributed by atoms with E-state index >= 15 is 0 Å². The normalized spacial score (nSPS) is 24.8. The first-order valence-electron chi connectivity index (χ1n) is 7.11. The monoisotopic (exact) mass is 309 g/mol. The van der Waals surface area contributed by atoms with Gasteiger partial charge in [0, 0.05) is 12.0 Å². The molecule has 6 heteroatoms. The lowest BCUT2D eigenvalue weighted by atomic mass is 9.83. The third-order valence-electron chi connectivity index (χ3n) is 3.48. The number of nitrogens with one attached hydrogen (secondary N) is 1. The van der Waals surface area contributed by atoms with Crippen molar-refractivity contribution in [3.63, 3.8) is 0 Å². The molecular formula is C16H20FNO4. The Balaban J connectivity index is 2.38. The van der Waals surface area contributed by atoms with Crippen molar-refractivity contribution in [3.8, 4) is 0 Å². The minimum Gasteiger partial charge on any atom is -0.444 e. The van der Waals surface area contributed by atoms with E-state index in [1.807, 2.05) is 0 Å². The number of carbonyl (C=O) groups excluding carboxylic acids is 2. The Hall–Kier alpha value is -1.95. The molecule has 2 atom stereocenters. The molecule has 0 radical (unpaired) electrons. The van der Waals surface area contributed by atoms with Crippen molar-refractivity contribution in [1.82, 2.24) is 5.32 Å². The van der Waals surface area contributed by atoms with Gasteiger partial charge in [0.15, 0.2) is 6.29 Å². The quantitative estimate of drug-likeness (QED) is 0.872. The lowest BCUT2D eigenvalue weighted by molar-refractivity contribution is -0.118. The predicted molar refractivity (Wildman–Crippen MR) is 77.9 cm³/mol. The van der Waals surface area contributed by atoms with Gasteiger partial charge in [0.2, 0.25) is 0 Å². The fourth-order valence-electron chi connectivity index (χ4n) is 2.58. The van der Waals surface area contributed by atoms with E-state index in [-0.39, 0.29) is 18.6 Å². The van der Waals surface area contributed by atoms with Gasteiger partial charge in [0.1, 0.15) is 23.1 Å². The minimum atomic E-state index is -1.25. The maximum absolute atomic E-state index is 14.2. The fourth-order valence-corrected chi connectivity index (χ4v) is 2.58. The van der Waals surface area contributed by atoms with Crippen LogP contribution in [0.4, 0.5) is 9.18 Å². The lowest BCUT2D eigenvalue weighted by Crippen LogP contribution is -2.53. The van der Waals surface area contributed by atoms with Gasteiger partial charge in [-0.05, 0) is 26.8 Å². The average Bonchev–Trinajstić information content (AvgIpc) is 2.80. The molecule has 2 rings (SSSR count). The largest absolute Gasteiger partial charge is 0.444 e. The molecule has 0 aromatic heterocycles. The van der Waals surface area contributed by atoms with E-state index in [0.29, 0.717) is 6.29 Å². The third kappa shape index (κ3) is 3.27. The Kier molecular flexibility index (Phi) is 4.51. The van der Waals surface area contributed by atoms with Gasteiger partial charge < -0.3 is 19.6 Å². The molecule has 0 unspecified atom stereocenters. The number of halogens is 1. The number of amides is 1. The van der Waals surface area contributed by atoms with Crippen molar-refractivity contribution >= 4 is 12.4 Å². The predicted octanol–water partition coefficient (Wildman–Crippen LogP) is 2.53. The number of hydrogen-bond acceptors (Lipinski definition) is 4. The topological polar surface area (TPSA) is 64.6 Å². The van der Waals surface area contributed by atoms with Gasteiger partial charge >= 0.3 is 6.09 Å².